The SMILES string of the molecule is OCc1c(-c2ccccc2)noc1-c1ccc(F)cc1. The monoisotopic (exact) mass is 269 g/mol. The number of aromatic nitrogens is 1. The number of aliphatic hydroxyl groups is 1. The highest BCUT2D eigenvalue weighted by atomic mass is 19.1. The lowest BCUT2D eigenvalue weighted by Gasteiger charge is -2.01. The summed E-state index contributed by atoms with van der Waals surface area (Å²) in [4.78, 5) is 0. The summed E-state index contributed by atoms with van der Waals surface area (Å²) in [5, 5.41) is 13.6. The van der Waals surface area contributed by atoms with Crippen LogP contribution >= 0.6 is 0 Å². The first kappa shape index (κ1) is 12.6. The zero-order chi connectivity index (χ0) is 13.9. The highest BCUT2D eigenvalue weighted by molar-refractivity contribution is 5.72. The van der Waals surface area contributed by atoms with E-state index in [1.165, 1.54) is 12.1 Å². The maximum atomic E-state index is 13.0. The number of nitrogens with zero attached hydrogens (tertiary/aromatic N) is 1. The van der Waals surface area contributed by atoms with Crippen molar-refractivity contribution >= 4 is 0 Å². The van der Waals surface area contributed by atoms with Crippen LogP contribution in [0.5, 0.6) is 0 Å². The normalized spacial score (nSPS) is 10.7. The third-order valence-electron chi connectivity index (χ3n) is 3.10. The second-order valence-electron chi connectivity index (χ2n) is 4.37. The van der Waals surface area contributed by atoms with Crippen molar-refractivity contribution in [2.75, 3.05) is 0 Å². The van der Waals surface area contributed by atoms with E-state index in [0.29, 0.717) is 22.6 Å². The average molecular weight is 269 g/mol. The van der Waals surface area contributed by atoms with Gasteiger partial charge in [-0.1, -0.05) is 35.5 Å². The minimum absolute atomic E-state index is 0.194. The molecule has 1 aromatic heterocycles. The minimum atomic E-state index is -0.318. The second-order valence-corrected chi connectivity index (χ2v) is 4.37. The first-order chi connectivity index (χ1) is 9.79. The quantitative estimate of drug-likeness (QED) is 0.789. The fourth-order valence-corrected chi connectivity index (χ4v) is 2.11. The highest BCUT2D eigenvalue weighted by Gasteiger charge is 2.18. The second kappa shape index (κ2) is 5.27. The maximum absolute atomic E-state index is 13.0. The van der Waals surface area contributed by atoms with Crippen molar-refractivity contribution < 1.29 is 14.0 Å². The zero-order valence-electron chi connectivity index (χ0n) is 10.6. The number of aliphatic hydroxyl groups excluding tert-OH is 1. The van der Waals surface area contributed by atoms with Gasteiger partial charge in [-0.15, -0.1) is 0 Å². The van der Waals surface area contributed by atoms with Crippen LogP contribution in [-0.2, 0) is 6.61 Å². The molecule has 0 bridgehead atoms. The average Bonchev–Trinajstić information content (AvgIpc) is 2.93. The zero-order valence-corrected chi connectivity index (χ0v) is 10.6. The fourth-order valence-electron chi connectivity index (χ4n) is 2.11. The molecule has 0 radical (unpaired) electrons. The van der Waals surface area contributed by atoms with Crippen molar-refractivity contribution in [2.45, 2.75) is 6.61 Å². The Hall–Kier alpha value is -2.46. The predicted octanol–water partition coefficient (Wildman–Crippen LogP) is 3.64. The van der Waals surface area contributed by atoms with Crippen LogP contribution in [0.1, 0.15) is 5.56 Å². The van der Waals surface area contributed by atoms with E-state index in [1.54, 1.807) is 12.1 Å². The molecule has 0 amide bonds. The van der Waals surface area contributed by atoms with Gasteiger partial charge in [0.05, 0.1) is 12.2 Å². The minimum Gasteiger partial charge on any atom is -0.391 e. The van der Waals surface area contributed by atoms with E-state index in [-0.39, 0.29) is 12.4 Å². The molecule has 3 nitrogen and oxygen atoms in total. The summed E-state index contributed by atoms with van der Waals surface area (Å²) in [6.45, 7) is -0.194. The van der Waals surface area contributed by atoms with Crippen molar-refractivity contribution in [3.05, 3.63) is 66.0 Å². The first-order valence-corrected chi connectivity index (χ1v) is 6.20. The lowest BCUT2D eigenvalue weighted by atomic mass is 10.0. The Labute approximate surface area is 115 Å². The van der Waals surface area contributed by atoms with Gasteiger partial charge in [0, 0.05) is 11.1 Å². The summed E-state index contributed by atoms with van der Waals surface area (Å²) in [6, 6.07) is 15.4. The van der Waals surface area contributed by atoms with Crippen LogP contribution in [0, 0.1) is 5.82 Å². The van der Waals surface area contributed by atoms with Crippen molar-refractivity contribution in [2.24, 2.45) is 0 Å². The van der Waals surface area contributed by atoms with E-state index in [0.717, 1.165) is 5.56 Å². The van der Waals surface area contributed by atoms with Gasteiger partial charge in [0.1, 0.15) is 11.5 Å². The third kappa shape index (κ3) is 2.21. The summed E-state index contributed by atoms with van der Waals surface area (Å²) in [5.41, 5.74) is 2.76. The van der Waals surface area contributed by atoms with E-state index in [4.69, 9.17) is 4.52 Å². The van der Waals surface area contributed by atoms with Crippen molar-refractivity contribution in [3.8, 4) is 22.6 Å². The molecule has 1 N–H and O–H groups in total. The lowest BCUT2D eigenvalue weighted by Crippen LogP contribution is -1.89. The van der Waals surface area contributed by atoms with E-state index >= 15 is 0 Å². The van der Waals surface area contributed by atoms with Gasteiger partial charge in [-0.2, -0.15) is 0 Å². The van der Waals surface area contributed by atoms with Gasteiger partial charge in [-0.05, 0) is 24.3 Å². The van der Waals surface area contributed by atoms with Crippen LogP contribution in [0.25, 0.3) is 22.6 Å². The number of rotatable bonds is 3. The van der Waals surface area contributed by atoms with Gasteiger partial charge < -0.3 is 9.63 Å². The van der Waals surface area contributed by atoms with Gasteiger partial charge in [0.15, 0.2) is 5.76 Å². The number of hydrogen-bond acceptors (Lipinski definition) is 3. The molecule has 0 aliphatic heterocycles. The molecule has 0 spiro atoms. The number of halogens is 1. The van der Waals surface area contributed by atoms with Crippen LogP contribution in [0.4, 0.5) is 4.39 Å². The molecular formula is C16H12FNO2. The van der Waals surface area contributed by atoms with Crippen LogP contribution in [0.2, 0.25) is 0 Å². The topological polar surface area (TPSA) is 46.3 Å². The Morgan fingerprint density at radius 3 is 2.30 bits per heavy atom. The maximum Gasteiger partial charge on any atom is 0.173 e. The number of benzene rings is 2. The predicted molar refractivity (Wildman–Crippen MR) is 73.3 cm³/mol. The fraction of sp³-hybridized carbons (Fsp3) is 0.0625. The molecule has 2 aromatic carbocycles. The summed E-state index contributed by atoms with van der Waals surface area (Å²) < 4.78 is 18.3. The molecule has 1 heterocycles. The summed E-state index contributed by atoms with van der Waals surface area (Å²) >= 11 is 0. The largest absolute Gasteiger partial charge is 0.391 e. The van der Waals surface area contributed by atoms with Crippen LogP contribution < -0.4 is 0 Å². The van der Waals surface area contributed by atoms with Crippen molar-refractivity contribution in [3.63, 3.8) is 0 Å². The van der Waals surface area contributed by atoms with Gasteiger partial charge in [-0.25, -0.2) is 4.39 Å². The molecule has 0 unspecified atom stereocenters. The highest BCUT2D eigenvalue weighted by Crippen LogP contribution is 2.32. The Morgan fingerprint density at radius 1 is 0.950 bits per heavy atom. The third-order valence-corrected chi connectivity index (χ3v) is 3.10. The van der Waals surface area contributed by atoms with Crippen molar-refractivity contribution in [1.29, 1.82) is 0 Å². The van der Waals surface area contributed by atoms with Crippen molar-refractivity contribution in [1.82, 2.24) is 5.16 Å². The summed E-state index contributed by atoms with van der Waals surface area (Å²) in [6.07, 6.45) is 0. The molecule has 0 fully saturated rings. The van der Waals surface area contributed by atoms with E-state index in [9.17, 15) is 9.50 Å². The van der Waals surface area contributed by atoms with Gasteiger partial charge in [0.2, 0.25) is 0 Å². The van der Waals surface area contributed by atoms with Crippen LogP contribution in [0.15, 0.2) is 59.1 Å². The lowest BCUT2D eigenvalue weighted by molar-refractivity contribution is 0.281. The Balaban J connectivity index is 2.10. The summed E-state index contributed by atoms with van der Waals surface area (Å²) in [5.74, 6) is 0.147. The molecule has 3 aromatic rings. The molecule has 20 heavy (non-hydrogen) atoms. The molecule has 4 heteroatoms. The van der Waals surface area contributed by atoms with E-state index in [2.05, 4.69) is 5.16 Å². The van der Waals surface area contributed by atoms with E-state index < -0.39 is 0 Å². The molecular weight excluding hydrogens is 257 g/mol. The summed E-state index contributed by atoms with van der Waals surface area (Å²) in [7, 11) is 0. The molecule has 0 aliphatic carbocycles. The van der Waals surface area contributed by atoms with E-state index in [1.807, 2.05) is 30.3 Å². The molecule has 0 atom stereocenters. The molecule has 0 aliphatic rings. The van der Waals surface area contributed by atoms with Gasteiger partial charge in [0.25, 0.3) is 0 Å². The standard InChI is InChI=1S/C16H12FNO2/c17-13-8-6-12(7-9-13)16-14(10-19)15(18-20-16)11-4-2-1-3-5-11/h1-9,19H,10H2. The van der Waals surface area contributed by atoms with Crippen LogP contribution in [0.3, 0.4) is 0 Å². The molecule has 0 saturated heterocycles. The van der Waals surface area contributed by atoms with Gasteiger partial charge in [-0.3, -0.25) is 0 Å². The smallest absolute Gasteiger partial charge is 0.173 e. The number of hydrogen-bond donors (Lipinski definition) is 1. The Bertz CT molecular complexity index is 705. The Kier molecular flexibility index (Phi) is 3.31. The molecule has 3 rings (SSSR count). The van der Waals surface area contributed by atoms with Crippen LogP contribution in [-0.4, -0.2) is 10.3 Å². The first-order valence-electron chi connectivity index (χ1n) is 6.20. The molecule has 0 saturated carbocycles. The Morgan fingerprint density at radius 2 is 1.65 bits per heavy atom. The van der Waals surface area contributed by atoms with Gasteiger partial charge >= 0.3 is 0 Å². The molecule has 100 valence electrons.